The molecule has 2 heterocycles. The Bertz CT molecular complexity index is 550. The molecule has 0 fully saturated rings. The first-order chi connectivity index (χ1) is 7.97. The van der Waals surface area contributed by atoms with Gasteiger partial charge in [-0.15, -0.1) is 11.3 Å². The van der Waals surface area contributed by atoms with Gasteiger partial charge in [-0.05, 0) is 33.8 Å². The summed E-state index contributed by atoms with van der Waals surface area (Å²) in [7, 11) is 0. The van der Waals surface area contributed by atoms with E-state index in [1.807, 2.05) is 20.8 Å². The zero-order chi connectivity index (χ0) is 12.6. The van der Waals surface area contributed by atoms with Gasteiger partial charge in [-0.3, -0.25) is 10.1 Å². The summed E-state index contributed by atoms with van der Waals surface area (Å²) in [6.45, 7) is 7.51. The molecule has 1 N–H and O–H groups in total. The van der Waals surface area contributed by atoms with Gasteiger partial charge >= 0.3 is 0 Å². The molecule has 2 aromatic heterocycles. The third kappa shape index (κ3) is 2.39. The Labute approximate surface area is 104 Å². The maximum absolute atomic E-state index is 12.0. The number of aryl methyl sites for hydroxylation is 4. The predicted molar refractivity (Wildman–Crippen MR) is 67.7 cm³/mol. The van der Waals surface area contributed by atoms with Crippen molar-refractivity contribution in [1.82, 2.24) is 4.98 Å². The average molecular weight is 250 g/mol. The molecule has 0 unspecified atom stereocenters. The van der Waals surface area contributed by atoms with E-state index in [2.05, 4.69) is 10.3 Å². The van der Waals surface area contributed by atoms with E-state index in [1.165, 1.54) is 11.3 Å². The summed E-state index contributed by atoms with van der Waals surface area (Å²) in [5.74, 6) is 1.19. The monoisotopic (exact) mass is 250 g/mol. The van der Waals surface area contributed by atoms with Crippen LogP contribution in [0.5, 0.6) is 0 Å². The number of furan rings is 1. The van der Waals surface area contributed by atoms with Crippen LogP contribution in [0.1, 0.15) is 32.4 Å². The Hall–Kier alpha value is -1.62. The molecular formula is C12H14N2O2S. The molecule has 0 radical (unpaired) electrons. The minimum absolute atomic E-state index is 0.173. The molecule has 90 valence electrons. The van der Waals surface area contributed by atoms with Gasteiger partial charge in [-0.2, -0.15) is 0 Å². The number of thiazole rings is 1. The fourth-order valence-corrected chi connectivity index (χ4v) is 2.36. The Morgan fingerprint density at radius 3 is 2.53 bits per heavy atom. The lowest BCUT2D eigenvalue weighted by Crippen LogP contribution is -2.11. The standard InChI is InChI=1S/C12H14N2O2S/c1-6-5-10(8(3)16-6)11(15)14-12-13-7(2)9(4)17-12/h5H,1-4H3,(H,13,14,15). The van der Waals surface area contributed by atoms with Crippen LogP contribution in [0, 0.1) is 27.7 Å². The lowest BCUT2D eigenvalue weighted by Gasteiger charge is -1.98. The van der Waals surface area contributed by atoms with Gasteiger partial charge in [-0.25, -0.2) is 4.98 Å². The van der Waals surface area contributed by atoms with E-state index in [0.29, 0.717) is 16.5 Å². The Kier molecular flexibility index (Phi) is 3.02. The van der Waals surface area contributed by atoms with E-state index in [0.717, 1.165) is 16.3 Å². The summed E-state index contributed by atoms with van der Waals surface area (Å²) in [5.41, 5.74) is 1.51. The fraction of sp³-hybridized carbons (Fsp3) is 0.333. The largest absolute Gasteiger partial charge is 0.466 e. The van der Waals surface area contributed by atoms with Crippen LogP contribution in [-0.4, -0.2) is 10.9 Å². The highest BCUT2D eigenvalue weighted by molar-refractivity contribution is 7.15. The van der Waals surface area contributed by atoms with E-state index in [9.17, 15) is 4.79 Å². The Morgan fingerprint density at radius 1 is 1.35 bits per heavy atom. The summed E-state index contributed by atoms with van der Waals surface area (Å²) in [6, 6.07) is 1.73. The second-order valence-corrected chi connectivity index (χ2v) is 5.14. The number of anilines is 1. The van der Waals surface area contributed by atoms with Crippen molar-refractivity contribution in [1.29, 1.82) is 0 Å². The number of amides is 1. The van der Waals surface area contributed by atoms with E-state index in [4.69, 9.17) is 4.42 Å². The van der Waals surface area contributed by atoms with E-state index in [1.54, 1.807) is 13.0 Å². The van der Waals surface area contributed by atoms with Gasteiger partial charge < -0.3 is 4.42 Å². The Morgan fingerprint density at radius 2 is 2.06 bits per heavy atom. The van der Waals surface area contributed by atoms with Crippen molar-refractivity contribution in [3.8, 4) is 0 Å². The predicted octanol–water partition coefficient (Wildman–Crippen LogP) is 3.22. The van der Waals surface area contributed by atoms with Gasteiger partial charge in [0.05, 0.1) is 11.3 Å². The number of carbonyl (C=O) groups excluding carboxylic acids is 1. The lowest BCUT2D eigenvalue weighted by atomic mass is 10.2. The SMILES string of the molecule is Cc1cc(C(=O)Nc2nc(C)c(C)s2)c(C)o1. The number of nitrogens with one attached hydrogen (secondary N) is 1. The molecular weight excluding hydrogens is 236 g/mol. The molecule has 0 spiro atoms. The highest BCUT2D eigenvalue weighted by atomic mass is 32.1. The van der Waals surface area contributed by atoms with Gasteiger partial charge in [0.1, 0.15) is 11.5 Å². The Balaban J connectivity index is 2.19. The quantitative estimate of drug-likeness (QED) is 0.890. The molecule has 0 atom stereocenters. The number of nitrogens with zero attached hydrogens (tertiary/aromatic N) is 1. The molecule has 2 rings (SSSR count). The molecule has 0 aliphatic heterocycles. The van der Waals surface area contributed by atoms with Gasteiger partial charge in [0.2, 0.25) is 0 Å². The third-order valence-electron chi connectivity index (χ3n) is 2.53. The second-order valence-electron chi connectivity index (χ2n) is 3.94. The van der Waals surface area contributed by atoms with Crippen LogP contribution in [0.3, 0.4) is 0 Å². The molecule has 1 amide bonds. The zero-order valence-electron chi connectivity index (χ0n) is 10.2. The van der Waals surface area contributed by atoms with Crippen LogP contribution >= 0.6 is 11.3 Å². The number of hydrogen-bond acceptors (Lipinski definition) is 4. The normalized spacial score (nSPS) is 10.6. The van der Waals surface area contributed by atoms with Crippen LogP contribution in [0.25, 0.3) is 0 Å². The summed E-state index contributed by atoms with van der Waals surface area (Å²) < 4.78 is 5.32. The number of aromatic nitrogens is 1. The lowest BCUT2D eigenvalue weighted by molar-refractivity contribution is 0.102. The zero-order valence-corrected chi connectivity index (χ0v) is 11.1. The average Bonchev–Trinajstić information content (AvgIpc) is 2.71. The van der Waals surface area contributed by atoms with Crippen molar-refractivity contribution < 1.29 is 9.21 Å². The summed E-state index contributed by atoms with van der Waals surface area (Å²) in [5, 5.41) is 3.41. The first-order valence-electron chi connectivity index (χ1n) is 5.30. The van der Waals surface area contributed by atoms with E-state index < -0.39 is 0 Å². The minimum Gasteiger partial charge on any atom is -0.466 e. The molecule has 0 saturated heterocycles. The highest BCUT2D eigenvalue weighted by Crippen LogP contribution is 2.22. The molecule has 0 aromatic carbocycles. The molecule has 0 bridgehead atoms. The van der Waals surface area contributed by atoms with Crippen molar-refractivity contribution in [3.05, 3.63) is 33.7 Å². The van der Waals surface area contributed by atoms with E-state index >= 15 is 0 Å². The van der Waals surface area contributed by atoms with Gasteiger partial charge in [0.25, 0.3) is 5.91 Å². The molecule has 5 heteroatoms. The number of rotatable bonds is 2. The van der Waals surface area contributed by atoms with Crippen LogP contribution < -0.4 is 5.32 Å². The number of carbonyl (C=O) groups is 1. The maximum atomic E-state index is 12.0. The van der Waals surface area contributed by atoms with Crippen LogP contribution in [-0.2, 0) is 0 Å². The topological polar surface area (TPSA) is 55.1 Å². The fourth-order valence-electron chi connectivity index (χ4n) is 1.55. The summed E-state index contributed by atoms with van der Waals surface area (Å²) in [6.07, 6.45) is 0. The minimum atomic E-state index is -0.173. The second kappa shape index (κ2) is 4.33. The van der Waals surface area contributed by atoms with Crippen LogP contribution in [0.4, 0.5) is 5.13 Å². The molecule has 0 aliphatic rings. The summed E-state index contributed by atoms with van der Waals surface area (Å²) >= 11 is 1.48. The van der Waals surface area contributed by atoms with Crippen molar-refractivity contribution in [2.75, 3.05) is 5.32 Å². The van der Waals surface area contributed by atoms with Gasteiger partial charge in [0.15, 0.2) is 5.13 Å². The van der Waals surface area contributed by atoms with Gasteiger partial charge in [-0.1, -0.05) is 0 Å². The molecule has 17 heavy (non-hydrogen) atoms. The maximum Gasteiger partial charge on any atom is 0.260 e. The third-order valence-corrected chi connectivity index (χ3v) is 3.52. The van der Waals surface area contributed by atoms with Crippen molar-refractivity contribution in [3.63, 3.8) is 0 Å². The molecule has 0 aliphatic carbocycles. The summed E-state index contributed by atoms with van der Waals surface area (Å²) in [4.78, 5) is 17.3. The van der Waals surface area contributed by atoms with Crippen LogP contribution in [0.2, 0.25) is 0 Å². The highest BCUT2D eigenvalue weighted by Gasteiger charge is 2.15. The van der Waals surface area contributed by atoms with Gasteiger partial charge in [0, 0.05) is 4.88 Å². The first kappa shape index (κ1) is 11.9. The smallest absolute Gasteiger partial charge is 0.260 e. The first-order valence-corrected chi connectivity index (χ1v) is 6.11. The van der Waals surface area contributed by atoms with Crippen molar-refractivity contribution in [2.24, 2.45) is 0 Å². The molecule has 0 saturated carbocycles. The van der Waals surface area contributed by atoms with Crippen molar-refractivity contribution in [2.45, 2.75) is 27.7 Å². The number of hydrogen-bond donors (Lipinski definition) is 1. The van der Waals surface area contributed by atoms with Crippen LogP contribution in [0.15, 0.2) is 10.5 Å². The van der Waals surface area contributed by atoms with Crippen molar-refractivity contribution >= 4 is 22.4 Å². The molecule has 2 aromatic rings. The molecule has 4 nitrogen and oxygen atoms in total. The van der Waals surface area contributed by atoms with E-state index in [-0.39, 0.29) is 5.91 Å².